The highest BCUT2D eigenvalue weighted by Gasteiger charge is 2.30. The molecule has 1 fully saturated rings. The van der Waals surface area contributed by atoms with Crippen molar-refractivity contribution in [1.82, 2.24) is 4.90 Å². The SMILES string of the molecule is Cc1ccc(NC(=O)N2CCS[C@H]2c2cccc(Cl)c2)c(C)c1. The van der Waals surface area contributed by atoms with Crippen LogP contribution in [0.4, 0.5) is 10.5 Å². The smallest absolute Gasteiger partial charge is 0.308 e. The summed E-state index contributed by atoms with van der Waals surface area (Å²) in [7, 11) is 0. The Kier molecular flexibility index (Phi) is 4.83. The van der Waals surface area contributed by atoms with Crippen LogP contribution >= 0.6 is 23.4 Å². The van der Waals surface area contributed by atoms with Gasteiger partial charge in [0.25, 0.3) is 0 Å². The molecule has 1 N–H and O–H groups in total. The molecule has 1 heterocycles. The van der Waals surface area contributed by atoms with Crippen LogP contribution in [0.15, 0.2) is 42.5 Å². The summed E-state index contributed by atoms with van der Waals surface area (Å²) in [6.07, 6.45) is 0. The lowest BCUT2D eigenvalue weighted by atomic mass is 10.1. The Bertz CT molecular complexity index is 735. The number of benzene rings is 2. The summed E-state index contributed by atoms with van der Waals surface area (Å²) >= 11 is 7.85. The lowest BCUT2D eigenvalue weighted by Crippen LogP contribution is -2.34. The molecule has 1 saturated heterocycles. The zero-order valence-corrected chi connectivity index (χ0v) is 14.7. The van der Waals surface area contributed by atoms with Crippen LogP contribution in [-0.4, -0.2) is 23.2 Å². The van der Waals surface area contributed by atoms with E-state index in [1.807, 2.05) is 55.1 Å². The van der Waals surface area contributed by atoms with Crippen molar-refractivity contribution < 1.29 is 4.79 Å². The van der Waals surface area contributed by atoms with Crippen LogP contribution in [0.2, 0.25) is 5.02 Å². The zero-order valence-electron chi connectivity index (χ0n) is 13.2. The van der Waals surface area contributed by atoms with Gasteiger partial charge in [0, 0.05) is 23.0 Å². The summed E-state index contributed by atoms with van der Waals surface area (Å²) < 4.78 is 0. The second kappa shape index (κ2) is 6.85. The second-order valence-corrected chi connectivity index (χ2v) is 7.34. The van der Waals surface area contributed by atoms with E-state index in [2.05, 4.69) is 11.4 Å². The van der Waals surface area contributed by atoms with Gasteiger partial charge in [-0.3, -0.25) is 0 Å². The highest BCUT2D eigenvalue weighted by molar-refractivity contribution is 7.99. The first-order chi connectivity index (χ1) is 11.0. The molecule has 3 rings (SSSR count). The van der Waals surface area contributed by atoms with Crippen molar-refractivity contribution in [2.45, 2.75) is 19.2 Å². The van der Waals surface area contributed by atoms with Crippen LogP contribution in [0.1, 0.15) is 22.1 Å². The number of aryl methyl sites for hydroxylation is 2. The first-order valence-corrected chi connectivity index (χ1v) is 8.99. The van der Waals surface area contributed by atoms with Gasteiger partial charge in [-0.1, -0.05) is 41.4 Å². The molecule has 0 spiro atoms. The third-order valence-electron chi connectivity index (χ3n) is 3.91. The lowest BCUT2D eigenvalue weighted by molar-refractivity contribution is 0.214. The molecule has 0 bridgehead atoms. The van der Waals surface area contributed by atoms with E-state index in [9.17, 15) is 4.79 Å². The van der Waals surface area contributed by atoms with Crippen LogP contribution < -0.4 is 5.32 Å². The number of nitrogens with one attached hydrogen (secondary N) is 1. The number of hydrogen-bond donors (Lipinski definition) is 1. The van der Waals surface area contributed by atoms with Crippen molar-refractivity contribution in [2.24, 2.45) is 0 Å². The van der Waals surface area contributed by atoms with E-state index in [-0.39, 0.29) is 11.4 Å². The van der Waals surface area contributed by atoms with Gasteiger partial charge in [0.15, 0.2) is 0 Å². The van der Waals surface area contributed by atoms with Gasteiger partial charge in [0.2, 0.25) is 0 Å². The fraction of sp³-hybridized carbons (Fsp3) is 0.278. The fourth-order valence-corrected chi connectivity index (χ4v) is 4.20. The molecule has 1 aliphatic heterocycles. The van der Waals surface area contributed by atoms with E-state index < -0.39 is 0 Å². The maximum Gasteiger partial charge on any atom is 0.323 e. The summed E-state index contributed by atoms with van der Waals surface area (Å²) in [5.41, 5.74) is 4.19. The van der Waals surface area contributed by atoms with Crippen molar-refractivity contribution in [1.29, 1.82) is 0 Å². The van der Waals surface area contributed by atoms with E-state index in [1.165, 1.54) is 5.56 Å². The third kappa shape index (κ3) is 3.65. The zero-order chi connectivity index (χ0) is 16.4. The van der Waals surface area contributed by atoms with Gasteiger partial charge in [-0.2, -0.15) is 0 Å². The van der Waals surface area contributed by atoms with Crippen molar-refractivity contribution >= 4 is 35.1 Å². The number of carbonyl (C=O) groups excluding carboxylic acids is 1. The molecule has 2 amide bonds. The Labute approximate surface area is 146 Å². The number of hydrogen-bond acceptors (Lipinski definition) is 2. The quantitative estimate of drug-likeness (QED) is 0.806. The molecular formula is C18H19ClN2OS. The average molecular weight is 347 g/mol. The molecule has 0 saturated carbocycles. The predicted molar refractivity (Wildman–Crippen MR) is 98.3 cm³/mol. The largest absolute Gasteiger partial charge is 0.323 e. The van der Waals surface area contributed by atoms with Crippen LogP contribution in [0, 0.1) is 13.8 Å². The Morgan fingerprint density at radius 2 is 2.09 bits per heavy atom. The molecule has 1 aliphatic rings. The van der Waals surface area contributed by atoms with Crippen LogP contribution in [0.3, 0.4) is 0 Å². The molecular weight excluding hydrogens is 328 g/mol. The van der Waals surface area contributed by atoms with Gasteiger partial charge >= 0.3 is 6.03 Å². The normalized spacial score (nSPS) is 17.3. The predicted octanol–water partition coefficient (Wildman–Crippen LogP) is 5.24. The minimum atomic E-state index is -0.0630. The van der Waals surface area contributed by atoms with Crippen LogP contribution in [0.5, 0.6) is 0 Å². The summed E-state index contributed by atoms with van der Waals surface area (Å²) in [5, 5.41) is 3.75. The molecule has 0 aromatic heterocycles. The van der Waals surface area contributed by atoms with Crippen molar-refractivity contribution in [2.75, 3.05) is 17.6 Å². The first-order valence-electron chi connectivity index (χ1n) is 7.56. The van der Waals surface area contributed by atoms with Gasteiger partial charge in [0.1, 0.15) is 5.37 Å². The number of anilines is 1. The number of thioether (sulfide) groups is 1. The minimum Gasteiger partial charge on any atom is -0.308 e. The average Bonchev–Trinajstić information content (AvgIpc) is 2.99. The maximum absolute atomic E-state index is 12.7. The Balaban J connectivity index is 1.78. The van der Waals surface area contributed by atoms with Crippen molar-refractivity contribution in [3.8, 4) is 0 Å². The van der Waals surface area contributed by atoms with Gasteiger partial charge in [-0.25, -0.2) is 4.79 Å². The lowest BCUT2D eigenvalue weighted by Gasteiger charge is -2.25. The Morgan fingerprint density at radius 3 is 2.83 bits per heavy atom. The molecule has 1 atom stereocenters. The number of amides is 2. The molecule has 2 aromatic rings. The van der Waals surface area contributed by atoms with Gasteiger partial charge < -0.3 is 10.2 Å². The molecule has 5 heteroatoms. The first kappa shape index (κ1) is 16.2. The molecule has 0 aliphatic carbocycles. The molecule has 120 valence electrons. The number of carbonyl (C=O) groups is 1. The van der Waals surface area contributed by atoms with Gasteiger partial charge in [0.05, 0.1) is 0 Å². The molecule has 2 aromatic carbocycles. The maximum atomic E-state index is 12.7. The number of rotatable bonds is 2. The van der Waals surface area contributed by atoms with Crippen molar-refractivity contribution in [3.05, 3.63) is 64.2 Å². The summed E-state index contributed by atoms with van der Waals surface area (Å²) in [6.45, 7) is 4.79. The molecule has 0 radical (unpaired) electrons. The van der Waals surface area contributed by atoms with E-state index >= 15 is 0 Å². The summed E-state index contributed by atoms with van der Waals surface area (Å²) in [6, 6.07) is 13.7. The topological polar surface area (TPSA) is 32.3 Å². The van der Waals surface area contributed by atoms with Crippen LogP contribution in [-0.2, 0) is 0 Å². The third-order valence-corrected chi connectivity index (χ3v) is 5.40. The summed E-state index contributed by atoms with van der Waals surface area (Å²) in [4.78, 5) is 14.6. The molecule has 3 nitrogen and oxygen atoms in total. The van der Waals surface area contributed by atoms with E-state index in [4.69, 9.17) is 11.6 Å². The van der Waals surface area contributed by atoms with E-state index in [0.717, 1.165) is 29.1 Å². The number of urea groups is 1. The number of nitrogens with zero attached hydrogens (tertiary/aromatic N) is 1. The van der Waals surface area contributed by atoms with Gasteiger partial charge in [-0.15, -0.1) is 11.8 Å². The Hall–Kier alpha value is -1.65. The van der Waals surface area contributed by atoms with Crippen LogP contribution in [0.25, 0.3) is 0 Å². The monoisotopic (exact) mass is 346 g/mol. The Morgan fingerprint density at radius 1 is 1.26 bits per heavy atom. The highest BCUT2D eigenvalue weighted by Crippen LogP contribution is 2.38. The fourth-order valence-electron chi connectivity index (χ4n) is 2.76. The minimum absolute atomic E-state index is 0.0134. The number of halogens is 1. The van der Waals surface area contributed by atoms with E-state index in [0.29, 0.717) is 5.02 Å². The molecule has 23 heavy (non-hydrogen) atoms. The van der Waals surface area contributed by atoms with Crippen molar-refractivity contribution in [3.63, 3.8) is 0 Å². The highest BCUT2D eigenvalue weighted by atomic mass is 35.5. The summed E-state index contributed by atoms with van der Waals surface area (Å²) in [5.74, 6) is 0.928. The van der Waals surface area contributed by atoms with Gasteiger partial charge in [-0.05, 0) is 43.2 Å². The standard InChI is InChI=1S/C18H19ClN2OS/c1-12-6-7-16(13(2)10-12)20-18(22)21-8-9-23-17(21)14-4-3-5-15(19)11-14/h3-7,10-11,17H,8-9H2,1-2H3,(H,20,22)/t17-/m0/s1. The molecule has 0 unspecified atom stereocenters. The van der Waals surface area contributed by atoms with E-state index in [1.54, 1.807) is 11.8 Å². The second-order valence-electron chi connectivity index (χ2n) is 5.72.